The van der Waals surface area contributed by atoms with E-state index in [1.54, 1.807) is 6.07 Å². The van der Waals surface area contributed by atoms with Crippen molar-refractivity contribution in [2.45, 2.75) is 32.6 Å². The van der Waals surface area contributed by atoms with Gasteiger partial charge in [-0.1, -0.05) is 25.1 Å². The maximum atomic E-state index is 12.7. The van der Waals surface area contributed by atoms with Gasteiger partial charge < -0.3 is 10.2 Å². The van der Waals surface area contributed by atoms with Gasteiger partial charge in [-0.25, -0.2) is 0 Å². The smallest absolute Gasteiger partial charge is 0.401 e. The monoisotopic (exact) mass is 300 g/mol. The summed E-state index contributed by atoms with van der Waals surface area (Å²) in [4.78, 5) is 1.39. The largest absolute Gasteiger partial charge is 0.459 e. The molecule has 0 radical (unpaired) electrons. The Morgan fingerprint density at radius 2 is 1.95 bits per heavy atom. The quantitative estimate of drug-likeness (QED) is 0.885. The van der Waals surface area contributed by atoms with E-state index in [9.17, 15) is 13.2 Å². The van der Waals surface area contributed by atoms with Crippen LogP contribution in [0.1, 0.15) is 24.7 Å². The van der Waals surface area contributed by atoms with Gasteiger partial charge in [0.1, 0.15) is 11.3 Å². The molecule has 21 heavy (non-hydrogen) atoms. The lowest BCUT2D eigenvalue weighted by Crippen LogP contribution is -2.34. The minimum atomic E-state index is -4.21. The molecule has 2 N–H and O–H groups in total. The second-order valence-electron chi connectivity index (χ2n) is 5.03. The van der Waals surface area contributed by atoms with Crippen LogP contribution in [-0.4, -0.2) is 24.2 Å². The van der Waals surface area contributed by atoms with Crippen LogP contribution in [0.2, 0.25) is 0 Å². The van der Waals surface area contributed by atoms with Gasteiger partial charge in [-0.2, -0.15) is 13.2 Å². The van der Waals surface area contributed by atoms with E-state index in [1.807, 2.05) is 25.1 Å². The first-order valence-corrected chi connectivity index (χ1v) is 6.93. The van der Waals surface area contributed by atoms with Crippen molar-refractivity contribution in [2.24, 2.45) is 5.73 Å². The Morgan fingerprint density at radius 3 is 2.57 bits per heavy atom. The molecule has 0 spiro atoms. The van der Waals surface area contributed by atoms with Gasteiger partial charge in [0.25, 0.3) is 0 Å². The van der Waals surface area contributed by atoms with Crippen LogP contribution in [0.25, 0.3) is 11.0 Å². The molecule has 2 rings (SSSR count). The number of furan rings is 1. The van der Waals surface area contributed by atoms with E-state index in [0.717, 1.165) is 10.9 Å². The van der Waals surface area contributed by atoms with E-state index in [-0.39, 0.29) is 13.1 Å². The van der Waals surface area contributed by atoms with Gasteiger partial charge in [-0.05, 0) is 19.0 Å². The van der Waals surface area contributed by atoms with Crippen molar-refractivity contribution in [2.75, 3.05) is 13.1 Å². The third-order valence-electron chi connectivity index (χ3n) is 3.29. The van der Waals surface area contributed by atoms with E-state index in [0.29, 0.717) is 24.3 Å². The molecular formula is C15H19F3N2O. The van der Waals surface area contributed by atoms with Crippen molar-refractivity contribution in [3.8, 4) is 0 Å². The van der Waals surface area contributed by atoms with Crippen molar-refractivity contribution in [3.63, 3.8) is 0 Å². The van der Waals surface area contributed by atoms with Crippen molar-refractivity contribution in [1.82, 2.24) is 4.90 Å². The zero-order valence-corrected chi connectivity index (χ0v) is 11.9. The number of hydrogen-bond donors (Lipinski definition) is 1. The van der Waals surface area contributed by atoms with E-state index in [1.165, 1.54) is 4.90 Å². The van der Waals surface area contributed by atoms with Gasteiger partial charge >= 0.3 is 6.18 Å². The highest BCUT2D eigenvalue weighted by molar-refractivity contribution is 5.82. The lowest BCUT2D eigenvalue weighted by molar-refractivity contribution is -0.147. The van der Waals surface area contributed by atoms with Gasteiger partial charge in [0.2, 0.25) is 0 Å². The first-order chi connectivity index (χ1) is 9.94. The van der Waals surface area contributed by atoms with Crippen LogP contribution in [0, 0.1) is 0 Å². The standard InChI is InChI=1S/C15H19F3N2O/c1-2-7-20(10-15(16,17)18)9-12-11-5-3-4-6-13(11)21-14(12)8-19/h3-6H,2,7-10,19H2,1H3. The van der Waals surface area contributed by atoms with Crippen LogP contribution in [0.4, 0.5) is 13.2 Å². The Bertz CT molecular complexity index is 592. The molecule has 2 aromatic rings. The van der Waals surface area contributed by atoms with Crippen LogP contribution in [0.5, 0.6) is 0 Å². The highest BCUT2D eigenvalue weighted by Crippen LogP contribution is 2.28. The third-order valence-corrected chi connectivity index (χ3v) is 3.29. The number of rotatable bonds is 6. The summed E-state index contributed by atoms with van der Waals surface area (Å²) in [6.07, 6.45) is -3.55. The van der Waals surface area contributed by atoms with E-state index in [2.05, 4.69) is 0 Å². The van der Waals surface area contributed by atoms with Gasteiger partial charge in [-0.3, -0.25) is 4.90 Å². The fraction of sp³-hybridized carbons (Fsp3) is 0.467. The highest BCUT2D eigenvalue weighted by atomic mass is 19.4. The average molecular weight is 300 g/mol. The van der Waals surface area contributed by atoms with Crippen LogP contribution in [0.3, 0.4) is 0 Å². The number of nitrogens with two attached hydrogens (primary N) is 1. The Kier molecular flexibility index (Phi) is 4.90. The molecule has 0 fully saturated rings. The molecule has 0 bridgehead atoms. The molecule has 116 valence electrons. The summed E-state index contributed by atoms with van der Waals surface area (Å²) in [5.41, 5.74) is 7.08. The van der Waals surface area contributed by atoms with E-state index in [4.69, 9.17) is 10.2 Å². The molecule has 3 nitrogen and oxygen atoms in total. The zero-order chi connectivity index (χ0) is 15.5. The summed E-state index contributed by atoms with van der Waals surface area (Å²) < 4.78 is 43.6. The number of hydrogen-bond acceptors (Lipinski definition) is 3. The number of nitrogens with zero attached hydrogens (tertiary/aromatic N) is 1. The minimum Gasteiger partial charge on any atom is -0.459 e. The molecule has 0 saturated carbocycles. The Morgan fingerprint density at radius 1 is 1.24 bits per heavy atom. The fourth-order valence-electron chi connectivity index (χ4n) is 2.50. The first-order valence-electron chi connectivity index (χ1n) is 6.93. The molecule has 0 unspecified atom stereocenters. The second-order valence-corrected chi connectivity index (χ2v) is 5.03. The topological polar surface area (TPSA) is 42.4 Å². The molecule has 0 amide bonds. The number of benzene rings is 1. The number of halogens is 3. The van der Waals surface area contributed by atoms with Gasteiger partial charge in [0.15, 0.2) is 0 Å². The third kappa shape index (κ3) is 3.98. The van der Waals surface area contributed by atoms with Gasteiger partial charge in [-0.15, -0.1) is 0 Å². The molecule has 1 aromatic heterocycles. The zero-order valence-electron chi connectivity index (χ0n) is 11.9. The number of alkyl halides is 3. The van der Waals surface area contributed by atoms with E-state index >= 15 is 0 Å². The number of fused-ring (bicyclic) bond motifs is 1. The maximum absolute atomic E-state index is 12.7. The van der Waals surface area contributed by atoms with Crippen LogP contribution >= 0.6 is 0 Å². The van der Waals surface area contributed by atoms with Crippen LogP contribution in [-0.2, 0) is 13.1 Å². The average Bonchev–Trinajstić information content (AvgIpc) is 2.75. The molecule has 0 aliphatic heterocycles. The molecule has 0 saturated heterocycles. The van der Waals surface area contributed by atoms with Gasteiger partial charge in [0.05, 0.1) is 13.1 Å². The predicted octanol–water partition coefficient (Wildman–Crippen LogP) is 3.67. The minimum absolute atomic E-state index is 0.177. The molecule has 1 aromatic carbocycles. The van der Waals surface area contributed by atoms with Crippen molar-refractivity contribution < 1.29 is 17.6 Å². The van der Waals surface area contributed by atoms with Crippen molar-refractivity contribution >= 4 is 11.0 Å². The molecular weight excluding hydrogens is 281 g/mol. The summed E-state index contributed by atoms with van der Waals surface area (Å²) in [5.74, 6) is 0.555. The van der Waals surface area contributed by atoms with Crippen LogP contribution in [0.15, 0.2) is 28.7 Å². The van der Waals surface area contributed by atoms with Crippen LogP contribution < -0.4 is 5.73 Å². The molecule has 1 heterocycles. The second kappa shape index (κ2) is 6.49. The highest BCUT2D eigenvalue weighted by Gasteiger charge is 2.31. The molecule has 6 heteroatoms. The molecule has 0 atom stereocenters. The first kappa shape index (κ1) is 15.9. The summed E-state index contributed by atoms with van der Waals surface area (Å²) >= 11 is 0. The van der Waals surface area contributed by atoms with Gasteiger partial charge in [0, 0.05) is 17.5 Å². The molecule has 0 aliphatic carbocycles. The molecule has 0 aliphatic rings. The summed E-state index contributed by atoms with van der Waals surface area (Å²) in [6, 6.07) is 7.32. The lowest BCUT2D eigenvalue weighted by atomic mass is 10.1. The van der Waals surface area contributed by atoms with E-state index < -0.39 is 12.7 Å². The van der Waals surface area contributed by atoms with Crippen molar-refractivity contribution in [3.05, 3.63) is 35.6 Å². The normalized spacial score (nSPS) is 12.5. The number of para-hydroxylation sites is 1. The SMILES string of the molecule is CCCN(Cc1c(CN)oc2ccccc12)CC(F)(F)F. The Balaban J connectivity index is 2.31. The summed E-state index contributed by atoms with van der Waals surface area (Å²) in [5, 5.41) is 0.834. The summed E-state index contributed by atoms with van der Waals surface area (Å²) in [7, 11) is 0. The summed E-state index contributed by atoms with van der Waals surface area (Å²) in [6.45, 7) is 1.68. The lowest BCUT2D eigenvalue weighted by Gasteiger charge is -2.23. The Labute approximate surface area is 121 Å². The predicted molar refractivity (Wildman–Crippen MR) is 75.7 cm³/mol. The van der Waals surface area contributed by atoms with Crippen molar-refractivity contribution in [1.29, 1.82) is 0 Å². The Hall–Kier alpha value is -1.53. The maximum Gasteiger partial charge on any atom is 0.401 e. The fourth-order valence-corrected chi connectivity index (χ4v) is 2.50.